The maximum Gasteiger partial charge on any atom is 0.261 e. The molecule has 4 nitrogen and oxygen atoms in total. The van der Waals surface area contributed by atoms with Crippen LogP contribution in [0.15, 0.2) is 65.0 Å². The zero-order chi connectivity index (χ0) is 20.5. The number of nitrogens with zero attached hydrogens (tertiary/aromatic N) is 3. The average Bonchev–Trinajstić information content (AvgIpc) is 3.10. The Labute approximate surface area is 179 Å². The molecule has 0 bridgehead atoms. The summed E-state index contributed by atoms with van der Waals surface area (Å²) in [7, 11) is 0. The number of aryl methyl sites for hydroxylation is 2. The van der Waals surface area contributed by atoms with Crippen LogP contribution in [-0.2, 0) is 13.0 Å². The molecule has 0 spiro atoms. The van der Waals surface area contributed by atoms with Gasteiger partial charge in [0, 0.05) is 35.6 Å². The van der Waals surface area contributed by atoms with Crippen LogP contribution < -0.4 is 5.56 Å². The van der Waals surface area contributed by atoms with Crippen LogP contribution in [0.3, 0.4) is 0 Å². The van der Waals surface area contributed by atoms with E-state index in [1.165, 1.54) is 16.9 Å². The molecule has 0 atom stereocenters. The highest BCUT2D eigenvalue weighted by molar-refractivity contribution is 7.13. The molecule has 4 heterocycles. The first-order valence-corrected chi connectivity index (χ1v) is 11.0. The second-order valence-electron chi connectivity index (χ2n) is 7.49. The lowest BCUT2D eigenvalue weighted by Crippen LogP contribution is -2.24. The minimum atomic E-state index is 0.0212. The van der Waals surface area contributed by atoms with Crippen LogP contribution in [-0.4, -0.2) is 14.5 Å². The normalized spacial score (nSPS) is 13.1. The second-order valence-corrected chi connectivity index (χ2v) is 8.35. The number of benzene rings is 1. The van der Waals surface area contributed by atoms with E-state index in [0.29, 0.717) is 12.1 Å². The number of aromatic nitrogens is 3. The van der Waals surface area contributed by atoms with Gasteiger partial charge in [0.15, 0.2) is 0 Å². The minimum Gasteiger partial charge on any atom is -0.307 e. The third-order valence-electron chi connectivity index (χ3n) is 5.42. The molecule has 5 rings (SSSR count). The quantitative estimate of drug-likeness (QED) is 0.450. The molecule has 3 aromatic heterocycles. The van der Waals surface area contributed by atoms with E-state index in [2.05, 4.69) is 40.3 Å². The van der Waals surface area contributed by atoms with Gasteiger partial charge in [0.1, 0.15) is 5.01 Å². The molecule has 0 N–H and O–H groups in total. The Bertz CT molecular complexity index is 1300. The number of hydrogen-bond donors (Lipinski definition) is 0. The number of hydrogen-bond acceptors (Lipinski definition) is 4. The molecule has 0 radical (unpaired) electrons. The van der Waals surface area contributed by atoms with E-state index in [4.69, 9.17) is 0 Å². The Morgan fingerprint density at radius 2 is 1.97 bits per heavy atom. The van der Waals surface area contributed by atoms with Crippen molar-refractivity contribution < 1.29 is 0 Å². The Morgan fingerprint density at radius 1 is 1.10 bits per heavy atom. The highest BCUT2D eigenvalue weighted by Gasteiger charge is 2.22. The van der Waals surface area contributed by atoms with E-state index in [1.807, 2.05) is 53.5 Å². The number of fused-ring (bicyclic) bond motifs is 3. The molecule has 0 saturated heterocycles. The maximum absolute atomic E-state index is 13.5. The summed E-state index contributed by atoms with van der Waals surface area (Å²) >= 11 is 1.52. The van der Waals surface area contributed by atoms with E-state index in [9.17, 15) is 4.79 Å². The molecule has 1 aliphatic rings. The summed E-state index contributed by atoms with van der Waals surface area (Å²) < 4.78 is 1.92. The van der Waals surface area contributed by atoms with Gasteiger partial charge in [0.2, 0.25) is 0 Å². The lowest BCUT2D eigenvalue weighted by atomic mass is 9.99. The second kappa shape index (κ2) is 7.84. The van der Waals surface area contributed by atoms with Gasteiger partial charge in [-0.25, -0.2) is 4.98 Å². The fourth-order valence-corrected chi connectivity index (χ4v) is 4.80. The van der Waals surface area contributed by atoms with Crippen molar-refractivity contribution >= 4 is 23.5 Å². The smallest absolute Gasteiger partial charge is 0.261 e. The van der Waals surface area contributed by atoms with Crippen LogP contribution in [0.1, 0.15) is 28.8 Å². The summed E-state index contributed by atoms with van der Waals surface area (Å²) in [6, 6.07) is 14.3. The monoisotopic (exact) mass is 411 g/mol. The van der Waals surface area contributed by atoms with Gasteiger partial charge < -0.3 is 4.57 Å². The van der Waals surface area contributed by atoms with Crippen molar-refractivity contribution in [2.45, 2.75) is 26.3 Å². The van der Waals surface area contributed by atoms with E-state index >= 15 is 0 Å². The maximum atomic E-state index is 13.5. The fourth-order valence-electron chi connectivity index (χ4n) is 3.99. The first kappa shape index (κ1) is 18.7. The molecular formula is C25H21N3OS. The zero-order valence-electron chi connectivity index (χ0n) is 16.7. The van der Waals surface area contributed by atoms with Gasteiger partial charge in [0.05, 0.1) is 11.3 Å². The summed E-state index contributed by atoms with van der Waals surface area (Å²) in [5.74, 6) is 0. The predicted octanol–water partition coefficient (Wildman–Crippen LogP) is 5.46. The van der Waals surface area contributed by atoms with Crippen LogP contribution >= 0.6 is 11.3 Å². The number of thiazole rings is 1. The van der Waals surface area contributed by atoms with Gasteiger partial charge in [-0.15, -0.1) is 11.3 Å². The van der Waals surface area contributed by atoms with E-state index in [-0.39, 0.29) is 5.56 Å². The fraction of sp³-hybridized carbons (Fsp3) is 0.160. The summed E-state index contributed by atoms with van der Waals surface area (Å²) in [6.07, 6.45) is 9.78. The van der Waals surface area contributed by atoms with Crippen molar-refractivity contribution in [2.24, 2.45) is 0 Å². The topological polar surface area (TPSA) is 47.8 Å². The average molecular weight is 412 g/mol. The van der Waals surface area contributed by atoms with Crippen LogP contribution in [0.2, 0.25) is 0 Å². The minimum absolute atomic E-state index is 0.0212. The molecular weight excluding hydrogens is 390 g/mol. The third-order valence-corrected chi connectivity index (χ3v) is 6.41. The first-order chi connectivity index (χ1) is 14.7. The third kappa shape index (κ3) is 3.42. The van der Waals surface area contributed by atoms with Crippen LogP contribution in [0.5, 0.6) is 0 Å². The Balaban J connectivity index is 1.77. The van der Waals surface area contributed by atoms with Gasteiger partial charge in [-0.3, -0.25) is 9.78 Å². The highest BCUT2D eigenvalue weighted by Crippen LogP contribution is 2.33. The van der Waals surface area contributed by atoms with Crippen LogP contribution in [0, 0.1) is 6.92 Å². The van der Waals surface area contributed by atoms with Gasteiger partial charge >= 0.3 is 0 Å². The van der Waals surface area contributed by atoms with Crippen molar-refractivity contribution in [3.8, 4) is 21.8 Å². The van der Waals surface area contributed by atoms with E-state index < -0.39 is 0 Å². The standard InChI is InChI=1S/C25H21N3OS/c1-17-16-30-24(27-17)21-14-20(10-9-18-6-3-2-4-7-18)23-22-15-26-12-11-19(22)8-5-13-28(23)25(21)29/h2-4,6-7,9-12,14-16H,5,8,13H2,1H3. The van der Waals surface area contributed by atoms with Crippen LogP contribution in [0.25, 0.3) is 34.0 Å². The molecule has 0 unspecified atom stereocenters. The molecule has 1 aliphatic heterocycles. The lowest BCUT2D eigenvalue weighted by molar-refractivity contribution is 0.641. The molecule has 5 heteroatoms. The molecule has 30 heavy (non-hydrogen) atoms. The number of rotatable bonds is 3. The molecule has 0 fully saturated rings. The van der Waals surface area contributed by atoms with Crippen LogP contribution in [0.4, 0.5) is 0 Å². The summed E-state index contributed by atoms with van der Waals surface area (Å²) in [5, 5.41) is 2.77. The van der Waals surface area contributed by atoms with Gasteiger partial charge in [-0.05, 0) is 48.6 Å². The van der Waals surface area contributed by atoms with Gasteiger partial charge in [-0.2, -0.15) is 0 Å². The van der Waals surface area contributed by atoms with Crippen molar-refractivity contribution in [3.63, 3.8) is 0 Å². The van der Waals surface area contributed by atoms with E-state index in [0.717, 1.165) is 45.9 Å². The molecule has 0 aliphatic carbocycles. The highest BCUT2D eigenvalue weighted by atomic mass is 32.1. The van der Waals surface area contributed by atoms with Gasteiger partial charge in [0.25, 0.3) is 5.56 Å². The molecule has 0 amide bonds. The number of pyridine rings is 2. The van der Waals surface area contributed by atoms with Crippen molar-refractivity contribution in [1.82, 2.24) is 14.5 Å². The molecule has 0 saturated carbocycles. The summed E-state index contributed by atoms with van der Waals surface area (Å²) in [5.41, 5.74) is 6.98. The molecule has 148 valence electrons. The summed E-state index contributed by atoms with van der Waals surface area (Å²) in [6.45, 7) is 2.65. The first-order valence-electron chi connectivity index (χ1n) is 10.1. The SMILES string of the molecule is Cc1csc(-c2cc(C=Cc3ccccc3)c3n(c2=O)CCCc2ccncc2-3)n1. The molecule has 4 aromatic rings. The van der Waals surface area contributed by atoms with Crippen molar-refractivity contribution in [2.75, 3.05) is 0 Å². The van der Waals surface area contributed by atoms with Gasteiger partial charge in [-0.1, -0.05) is 42.5 Å². The zero-order valence-corrected chi connectivity index (χ0v) is 17.5. The predicted molar refractivity (Wildman–Crippen MR) is 123 cm³/mol. The largest absolute Gasteiger partial charge is 0.307 e. The molecule has 1 aromatic carbocycles. The summed E-state index contributed by atoms with van der Waals surface area (Å²) in [4.78, 5) is 22.4. The Kier molecular flexibility index (Phi) is 4.89. The Morgan fingerprint density at radius 3 is 2.77 bits per heavy atom. The van der Waals surface area contributed by atoms with Crippen molar-refractivity contribution in [1.29, 1.82) is 0 Å². The Hall–Kier alpha value is -3.31. The van der Waals surface area contributed by atoms with E-state index in [1.54, 1.807) is 0 Å². The lowest BCUT2D eigenvalue weighted by Gasteiger charge is -2.16. The van der Waals surface area contributed by atoms with Crippen molar-refractivity contribution in [3.05, 3.63) is 93.0 Å².